The van der Waals surface area contributed by atoms with Crippen molar-refractivity contribution in [2.24, 2.45) is 0 Å². The first kappa shape index (κ1) is 12.0. The number of nitrogens with zero attached hydrogens (tertiary/aromatic N) is 1. The van der Waals surface area contributed by atoms with Gasteiger partial charge < -0.3 is 10.5 Å². The fourth-order valence-electron chi connectivity index (χ4n) is 0.918. The fraction of sp³-hybridized carbons (Fsp3) is 0.200. The summed E-state index contributed by atoms with van der Waals surface area (Å²) < 4.78 is 36.9. The highest BCUT2D eigenvalue weighted by Gasteiger charge is 2.31. The van der Waals surface area contributed by atoms with Crippen molar-refractivity contribution in [1.82, 2.24) is 4.98 Å². The lowest BCUT2D eigenvalue weighted by Crippen LogP contribution is -2.07. The largest absolute Gasteiger partial charge is 0.417 e. The third-order valence-electron chi connectivity index (χ3n) is 1.65. The molecule has 0 aliphatic rings. The van der Waals surface area contributed by atoms with Crippen molar-refractivity contribution in [2.45, 2.75) is 12.6 Å². The van der Waals surface area contributed by atoms with Crippen molar-refractivity contribution in [3.05, 3.63) is 23.4 Å². The number of alkyl halides is 3. The van der Waals surface area contributed by atoms with Crippen molar-refractivity contribution in [3.8, 4) is 11.8 Å². The monoisotopic (exact) mass is 228 g/mol. The van der Waals surface area contributed by atoms with Crippen molar-refractivity contribution in [3.63, 3.8) is 0 Å². The van der Waals surface area contributed by atoms with Gasteiger partial charge in [-0.3, -0.25) is 0 Å². The minimum absolute atomic E-state index is 0.0309. The highest BCUT2D eigenvalue weighted by Crippen LogP contribution is 2.29. The normalized spacial score (nSPS) is 10.4. The molecule has 1 aromatic heterocycles. The maximum atomic E-state index is 12.3. The Hall–Kier alpha value is -2.03. The molecular weight excluding hydrogens is 221 g/mol. The van der Waals surface area contributed by atoms with Gasteiger partial charge in [0, 0.05) is 6.20 Å². The van der Waals surface area contributed by atoms with Crippen LogP contribution in [0.15, 0.2) is 12.3 Å². The van der Waals surface area contributed by atoms with Crippen molar-refractivity contribution < 1.29 is 18.0 Å². The number of anilines is 1. The van der Waals surface area contributed by atoms with Crippen LogP contribution in [-0.2, 0) is 11.0 Å². The number of nitrogen functional groups attached to an aromatic ring is 1. The van der Waals surface area contributed by atoms with E-state index in [1.807, 2.05) is 0 Å². The molecule has 0 amide bonds. The number of halogens is 3. The SMILES string of the molecule is Nc1ncc(C(F)(F)F)cc1C#CCC=O. The Balaban J connectivity index is 3.10. The number of aromatic nitrogens is 1. The first-order chi connectivity index (χ1) is 7.45. The summed E-state index contributed by atoms with van der Waals surface area (Å²) >= 11 is 0. The maximum absolute atomic E-state index is 12.3. The molecular formula is C10H7F3N2O. The Kier molecular flexibility index (Phi) is 3.51. The van der Waals surface area contributed by atoms with Crippen LogP contribution in [0.2, 0.25) is 0 Å². The standard InChI is InChI=1S/C10H7F3N2O/c11-10(12,13)8-5-7(3-1-2-4-16)9(14)15-6-8/h4-6H,2H2,(H2,14,15). The molecule has 0 fully saturated rings. The maximum Gasteiger partial charge on any atom is 0.417 e. The van der Waals surface area contributed by atoms with Crippen LogP contribution in [0.4, 0.5) is 19.0 Å². The molecule has 0 spiro atoms. The van der Waals surface area contributed by atoms with Gasteiger partial charge in [-0.05, 0) is 6.07 Å². The van der Waals surface area contributed by atoms with Crippen molar-refractivity contribution in [1.29, 1.82) is 0 Å². The van der Waals surface area contributed by atoms with E-state index in [-0.39, 0.29) is 17.8 Å². The molecule has 3 nitrogen and oxygen atoms in total. The zero-order valence-corrected chi connectivity index (χ0v) is 8.01. The minimum atomic E-state index is -4.48. The molecule has 1 heterocycles. The third kappa shape index (κ3) is 2.98. The van der Waals surface area contributed by atoms with Crippen LogP contribution < -0.4 is 5.73 Å². The van der Waals surface area contributed by atoms with Crippen LogP contribution in [0.1, 0.15) is 17.5 Å². The zero-order chi connectivity index (χ0) is 12.2. The fourth-order valence-corrected chi connectivity index (χ4v) is 0.918. The molecule has 16 heavy (non-hydrogen) atoms. The second-order valence-electron chi connectivity index (χ2n) is 2.83. The van der Waals surface area contributed by atoms with Crippen LogP contribution in [0.25, 0.3) is 0 Å². The smallest absolute Gasteiger partial charge is 0.383 e. The number of hydrogen-bond acceptors (Lipinski definition) is 3. The number of carbonyl (C=O) groups is 1. The van der Waals surface area contributed by atoms with E-state index in [1.54, 1.807) is 0 Å². The van der Waals surface area contributed by atoms with Crippen LogP contribution in [-0.4, -0.2) is 11.3 Å². The average molecular weight is 228 g/mol. The number of rotatable bonds is 1. The summed E-state index contributed by atoms with van der Waals surface area (Å²) in [7, 11) is 0. The van der Waals surface area contributed by atoms with Gasteiger partial charge in [-0.1, -0.05) is 11.8 Å². The molecule has 1 rings (SSSR count). The highest BCUT2D eigenvalue weighted by molar-refractivity contribution is 5.57. The van der Waals surface area contributed by atoms with Gasteiger partial charge in [-0.15, -0.1) is 0 Å². The van der Waals surface area contributed by atoms with E-state index >= 15 is 0 Å². The van der Waals surface area contributed by atoms with E-state index in [9.17, 15) is 18.0 Å². The molecule has 1 aromatic rings. The number of carbonyl (C=O) groups excluding carboxylic acids is 1. The Morgan fingerprint density at radius 1 is 1.50 bits per heavy atom. The van der Waals surface area contributed by atoms with Gasteiger partial charge >= 0.3 is 6.18 Å². The van der Waals surface area contributed by atoms with Crippen molar-refractivity contribution in [2.75, 3.05) is 5.73 Å². The summed E-state index contributed by atoms with van der Waals surface area (Å²) in [5.74, 6) is 4.63. The Labute approximate surface area is 89.5 Å². The molecule has 0 radical (unpaired) electrons. The molecule has 2 N–H and O–H groups in total. The van der Waals surface area contributed by atoms with Crippen molar-refractivity contribution >= 4 is 12.1 Å². The van der Waals surface area contributed by atoms with Crippen LogP contribution in [0.5, 0.6) is 0 Å². The molecule has 0 aliphatic heterocycles. The van der Waals surface area contributed by atoms with Crippen LogP contribution >= 0.6 is 0 Å². The number of nitrogens with two attached hydrogens (primary N) is 1. The van der Waals surface area contributed by atoms with Gasteiger partial charge in [0.25, 0.3) is 0 Å². The van der Waals surface area contributed by atoms with Gasteiger partial charge in [0.15, 0.2) is 0 Å². The van der Waals surface area contributed by atoms with Gasteiger partial charge in [0.1, 0.15) is 12.1 Å². The van der Waals surface area contributed by atoms with E-state index in [0.717, 1.165) is 6.07 Å². The minimum Gasteiger partial charge on any atom is -0.383 e. The molecule has 0 atom stereocenters. The van der Waals surface area contributed by atoms with E-state index in [1.165, 1.54) is 0 Å². The van der Waals surface area contributed by atoms with E-state index in [2.05, 4.69) is 16.8 Å². The van der Waals surface area contributed by atoms with Gasteiger partial charge in [-0.25, -0.2) is 4.98 Å². The summed E-state index contributed by atoms with van der Waals surface area (Å²) in [5, 5.41) is 0. The molecule has 84 valence electrons. The second kappa shape index (κ2) is 4.66. The van der Waals surface area contributed by atoms with E-state index < -0.39 is 11.7 Å². The van der Waals surface area contributed by atoms with Gasteiger partial charge in [0.2, 0.25) is 0 Å². The number of hydrogen-bond donors (Lipinski definition) is 1. The van der Waals surface area contributed by atoms with Gasteiger partial charge in [0.05, 0.1) is 17.5 Å². The first-order valence-electron chi connectivity index (χ1n) is 4.20. The molecule has 0 bridgehead atoms. The molecule has 0 unspecified atom stereocenters. The molecule has 0 saturated heterocycles. The van der Waals surface area contributed by atoms with E-state index in [0.29, 0.717) is 12.5 Å². The lowest BCUT2D eigenvalue weighted by atomic mass is 10.2. The predicted molar refractivity (Wildman–Crippen MR) is 51.2 cm³/mol. The Bertz CT molecular complexity index is 457. The van der Waals surface area contributed by atoms with E-state index in [4.69, 9.17) is 5.73 Å². The zero-order valence-electron chi connectivity index (χ0n) is 8.01. The topological polar surface area (TPSA) is 56.0 Å². The molecule has 0 aromatic carbocycles. The quantitative estimate of drug-likeness (QED) is 0.587. The number of aldehydes is 1. The summed E-state index contributed by atoms with van der Waals surface area (Å²) in [4.78, 5) is 13.4. The lowest BCUT2D eigenvalue weighted by molar-refractivity contribution is -0.137. The van der Waals surface area contributed by atoms with Crippen LogP contribution in [0.3, 0.4) is 0 Å². The lowest BCUT2D eigenvalue weighted by Gasteiger charge is -2.06. The summed E-state index contributed by atoms with van der Waals surface area (Å²) in [6.45, 7) is 0. The Morgan fingerprint density at radius 3 is 2.75 bits per heavy atom. The summed E-state index contributed by atoms with van der Waals surface area (Å²) in [5.41, 5.74) is 4.40. The first-order valence-corrected chi connectivity index (χ1v) is 4.20. The molecule has 0 saturated carbocycles. The third-order valence-corrected chi connectivity index (χ3v) is 1.65. The average Bonchev–Trinajstić information content (AvgIpc) is 2.19. The predicted octanol–water partition coefficient (Wildman–Crippen LogP) is 1.62. The molecule has 0 aliphatic carbocycles. The van der Waals surface area contributed by atoms with Gasteiger partial charge in [-0.2, -0.15) is 13.2 Å². The number of pyridine rings is 1. The summed E-state index contributed by atoms with van der Waals surface area (Å²) in [6.07, 6.45) is -3.36. The second-order valence-corrected chi connectivity index (χ2v) is 2.83. The summed E-state index contributed by atoms with van der Waals surface area (Å²) in [6, 6.07) is 0.806. The Morgan fingerprint density at radius 2 is 2.19 bits per heavy atom. The van der Waals surface area contributed by atoms with Crippen LogP contribution in [0, 0.1) is 11.8 Å². The molecule has 6 heteroatoms. The highest BCUT2D eigenvalue weighted by atomic mass is 19.4.